The van der Waals surface area contributed by atoms with Gasteiger partial charge < -0.3 is 14.8 Å². The van der Waals surface area contributed by atoms with Gasteiger partial charge in [0.05, 0.1) is 0 Å². The lowest BCUT2D eigenvalue weighted by Crippen LogP contribution is -2.31. The van der Waals surface area contributed by atoms with E-state index in [2.05, 4.69) is 11.0 Å². The standard InChI is InChI=1S/C16H18BNO3/c19-17(20)15-6-3-4-13(10-15)11-18-8-9-21-16-7-2-1-5-14(16)12-18/h1-7,10,19-20H,8-9,11-12H2. The predicted octanol–water partition coefficient (Wildman–Crippen LogP) is 0.761. The van der Waals surface area contributed by atoms with E-state index in [4.69, 9.17) is 4.74 Å². The Kier molecular flexibility index (Phi) is 4.24. The van der Waals surface area contributed by atoms with Crippen molar-refractivity contribution in [3.05, 3.63) is 59.7 Å². The van der Waals surface area contributed by atoms with Crippen molar-refractivity contribution in [1.82, 2.24) is 4.90 Å². The Balaban J connectivity index is 1.75. The van der Waals surface area contributed by atoms with Gasteiger partial charge in [0.1, 0.15) is 12.4 Å². The number of fused-ring (bicyclic) bond motifs is 1. The maximum Gasteiger partial charge on any atom is 0.488 e. The van der Waals surface area contributed by atoms with Gasteiger partial charge >= 0.3 is 7.12 Å². The third-order valence-corrected chi connectivity index (χ3v) is 3.69. The molecule has 0 atom stereocenters. The molecule has 108 valence electrons. The average Bonchev–Trinajstić information content (AvgIpc) is 2.69. The van der Waals surface area contributed by atoms with Crippen molar-refractivity contribution < 1.29 is 14.8 Å². The summed E-state index contributed by atoms with van der Waals surface area (Å²) in [5.41, 5.74) is 2.78. The molecular formula is C16H18BNO3. The van der Waals surface area contributed by atoms with Gasteiger partial charge in [0.2, 0.25) is 0 Å². The first-order chi connectivity index (χ1) is 10.2. The summed E-state index contributed by atoms with van der Waals surface area (Å²) in [5.74, 6) is 0.958. The number of benzene rings is 2. The van der Waals surface area contributed by atoms with Gasteiger partial charge in [0.15, 0.2) is 0 Å². The molecule has 0 aliphatic carbocycles. The van der Waals surface area contributed by atoms with Crippen molar-refractivity contribution in [3.63, 3.8) is 0 Å². The van der Waals surface area contributed by atoms with Gasteiger partial charge in [-0.3, -0.25) is 4.90 Å². The molecule has 5 heteroatoms. The minimum absolute atomic E-state index is 0.527. The van der Waals surface area contributed by atoms with Gasteiger partial charge in [-0.25, -0.2) is 0 Å². The fourth-order valence-corrected chi connectivity index (χ4v) is 2.63. The highest BCUT2D eigenvalue weighted by Gasteiger charge is 2.16. The molecule has 2 N–H and O–H groups in total. The lowest BCUT2D eigenvalue weighted by molar-refractivity contribution is 0.219. The zero-order valence-corrected chi connectivity index (χ0v) is 11.8. The molecule has 1 heterocycles. The lowest BCUT2D eigenvalue weighted by atomic mass is 9.79. The number of hydrogen-bond acceptors (Lipinski definition) is 4. The molecule has 0 unspecified atom stereocenters. The van der Waals surface area contributed by atoms with Crippen LogP contribution in [-0.2, 0) is 13.1 Å². The second kappa shape index (κ2) is 6.31. The van der Waals surface area contributed by atoms with Crippen LogP contribution in [-0.4, -0.2) is 35.2 Å². The van der Waals surface area contributed by atoms with E-state index in [9.17, 15) is 10.0 Å². The number of para-hydroxylation sites is 1. The Morgan fingerprint density at radius 3 is 2.81 bits per heavy atom. The average molecular weight is 283 g/mol. The molecule has 2 aromatic carbocycles. The molecule has 1 aliphatic heterocycles. The van der Waals surface area contributed by atoms with Crippen LogP contribution in [0.1, 0.15) is 11.1 Å². The second-order valence-corrected chi connectivity index (χ2v) is 5.29. The summed E-state index contributed by atoms with van der Waals surface area (Å²) in [4.78, 5) is 2.30. The first kappa shape index (κ1) is 14.1. The van der Waals surface area contributed by atoms with Gasteiger partial charge in [-0.05, 0) is 17.1 Å². The third kappa shape index (κ3) is 3.45. The van der Waals surface area contributed by atoms with Gasteiger partial charge in [-0.2, -0.15) is 0 Å². The molecule has 4 nitrogen and oxygen atoms in total. The number of ether oxygens (including phenoxy) is 1. The monoisotopic (exact) mass is 283 g/mol. The Labute approximate surface area is 124 Å². The Morgan fingerprint density at radius 2 is 1.95 bits per heavy atom. The summed E-state index contributed by atoms with van der Waals surface area (Å²) in [7, 11) is -1.42. The molecule has 0 amide bonds. The summed E-state index contributed by atoms with van der Waals surface area (Å²) in [6.07, 6.45) is 0. The maximum absolute atomic E-state index is 9.25. The summed E-state index contributed by atoms with van der Waals surface area (Å²) in [6.45, 7) is 3.11. The predicted molar refractivity (Wildman–Crippen MR) is 82.3 cm³/mol. The van der Waals surface area contributed by atoms with Crippen LogP contribution >= 0.6 is 0 Å². The van der Waals surface area contributed by atoms with E-state index < -0.39 is 7.12 Å². The fraction of sp³-hybridized carbons (Fsp3) is 0.250. The largest absolute Gasteiger partial charge is 0.492 e. The zero-order chi connectivity index (χ0) is 14.7. The van der Waals surface area contributed by atoms with Crippen molar-refractivity contribution in [3.8, 4) is 5.75 Å². The Morgan fingerprint density at radius 1 is 1.10 bits per heavy atom. The van der Waals surface area contributed by atoms with Gasteiger partial charge in [0.25, 0.3) is 0 Å². The van der Waals surface area contributed by atoms with Crippen LogP contribution in [0.15, 0.2) is 48.5 Å². The minimum atomic E-state index is -1.42. The summed E-state index contributed by atoms with van der Waals surface area (Å²) in [6, 6.07) is 15.5. The van der Waals surface area contributed by atoms with Gasteiger partial charge in [-0.1, -0.05) is 42.5 Å². The van der Waals surface area contributed by atoms with Crippen LogP contribution < -0.4 is 10.2 Å². The first-order valence-electron chi connectivity index (χ1n) is 7.10. The molecule has 2 aromatic rings. The van der Waals surface area contributed by atoms with Crippen molar-refractivity contribution >= 4 is 12.6 Å². The van der Waals surface area contributed by atoms with Crippen molar-refractivity contribution in [2.45, 2.75) is 13.1 Å². The van der Waals surface area contributed by atoms with Crippen LogP contribution in [0, 0.1) is 0 Å². The minimum Gasteiger partial charge on any atom is -0.492 e. The highest BCUT2D eigenvalue weighted by atomic mass is 16.5. The number of hydrogen-bond donors (Lipinski definition) is 2. The molecule has 0 fully saturated rings. The summed E-state index contributed by atoms with van der Waals surface area (Å²) >= 11 is 0. The van der Waals surface area contributed by atoms with E-state index in [-0.39, 0.29) is 0 Å². The third-order valence-electron chi connectivity index (χ3n) is 3.69. The lowest BCUT2D eigenvalue weighted by Gasteiger charge is -2.19. The Hall–Kier alpha value is -1.82. The topological polar surface area (TPSA) is 52.9 Å². The fourth-order valence-electron chi connectivity index (χ4n) is 2.63. The molecule has 1 aliphatic rings. The second-order valence-electron chi connectivity index (χ2n) is 5.29. The smallest absolute Gasteiger partial charge is 0.488 e. The molecule has 3 rings (SSSR count). The van der Waals surface area contributed by atoms with E-state index in [1.165, 1.54) is 5.56 Å². The van der Waals surface area contributed by atoms with Crippen molar-refractivity contribution in [2.24, 2.45) is 0 Å². The van der Waals surface area contributed by atoms with Gasteiger partial charge in [-0.15, -0.1) is 0 Å². The number of rotatable bonds is 3. The summed E-state index contributed by atoms with van der Waals surface area (Å²) in [5, 5.41) is 18.5. The van der Waals surface area contributed by atoms with Crippen LogP contribution in [0.5, 0.6) is 5.75 Å². The SMILES string of the molecule is OB(O)c1cccc(CN2CCOc3ccccc3C2)c1. The van der Waals surface area contributed by atoms with Crippen molar-refractivity contribution in [1.29, 1.82) is 0 Å². The molecule has 21 heavy (non-hydrogen) atoms. The maximum atomic E-state index is 9.25. The first-order valence-corrected chi connectivity index (χ1v) is 7.10. The molecule has 0 aromatic heterocycles. The van der Waals surface area contributed by atoms with E-state index >= 15 is 0 Å². The number of nitrogens with zero attached hydrogens (tertiary/aromatic N) is 1. The highest BCUT2D eigenvalue weighted by molar-refractivity contribution is 6.58. The van der Waals surface area contributed by atoms with Crippen LogP contribution in [0.25, 0.3) is 0 Å². The van der Waals surface area contributed by atoms with E-state index in [0.717, 1.165) is 30.9 Å². The van der Waals surface area contributed by atoms with Crippen LogP contribution in [0.3, 0.4) is 0 Å². The molecule has 0 bridgehead atoms. The van der Waals surface area contributed by atoms with E-state index in [0.29, 0.717) is 12.1 Å². The Bertz CT molecular complexity index is 618. The summed E-state index contributed by atoms with van der Waals surface area (Å²) < 4.78 is 5.76. The molecule has 0 saturated carbocycles. The normalized spacial score (nSPS) is 15.0. The molecular weight excluding hydrogens is 265 g/mol. The van der Waals surface area contributed by atoms with Crippen LogP contribution in [0.2, 0.25) is 0 Å². The quantitative estimate of drug-likeness (QED) is 0.817. The van der Waals surface area contributed by atoms with E-state index in [1.54, 1.807) is 6.07 Å². The van der Waals surface area contributed by atoms with Gasteiger partial charge in [0, 0.05) is 25.2 Å². The van der Waals surface area contributed by atoms with Crippen LogP contribution in [0.4, 0.5) is 0 Å². The van der Waals surface area contributed by atoms with E-state index in [1.807, 2.05) is 36.4 Å². The highest BCUT2D eigenvalue weighted by Crippen LogP contribution is 2.23. The molecule has 0 spiro atoms. The molecule has 0 saturated heterocycles. The van der Waals surface area contributed by atoms with Crippen molar-refractivity contribution in [2.75, 3.05) is 13.2 Å². The molecule has 0 radical (unpaired) electrons. The zero-order valence-electron chi connectivity index (χ0n) is 11.8.